The van der Waals surface area contributed by atoms with Crippen LogP contribution in [-0.2, 0) is 0 Å². The van der Waals surface area contributed by atoms with Gasteiger partial charge < -0.3 is 4.98 Å². The predicted octanol–water partition coefficient (Wildman–Crippen LogP) is 1.81. The normalized spacial score (nSPS) is 10.0. The second kappa shape index (κ2) is 3.38. The van der Waals surface area contributed by atoms with Crippen molar-refractivity contribution < 1.29 is 0 Å². The molecule has 1 N–H and O–H groups in total. The summed E-state index contributed by atoms with van der Waals surface area (Å²) in [5.74, 6) is 0. The summed E-state index contributed by atoms with van der Waals surface area (Å²) in [6.45, 7) is 3.68. The van der Waals surface area contributed by atoms with Gasteiger partial charge in [-0.25, -0.2) is 4.79 Å². The third-order valence-electron chi connectivity index (χ3n) is 2.03. The van der Waals surface area contributed by atoms with Crippen LogP contribution < -0.4 is 5.69 Å². The van der Waals surface area contributed by atoms with E-state index in [1.54, 1.807) is 23.0 Å². The predicted molar refractivity (Wildman–Crippen MR) is 56.5 cm³/mol. The van der Waals surface area contributed by atoms with Crippen molar-refractivity contribution >= 4 is 6.08 Å². The fourth-order valence-electron chi connectivity index (χ4n) is 1.33. The molecule has 1 heterocycles. The van der Waals surface area contributed by atoms with E-state index in [0.717, 1.165) is 11.3 Å². The molecule has 2 aromatic rings. The molecular formula is C11H10N2O. The minimum atomic E-state index is -0.133. The van der Waals surface area contributed by atoms with Gasteiger partial charge in [0.1, 0.15) is 0 Å². The van der Waals surface area contributed by atoms with Crippen LogP contribution in [0, 0.1) is 0 Å². The molecule has 0 amide bonds. The molecule has 0 aliphatic rings. The lowest BCUT2D eigenvalue weighted by Crippen LogP contribution is -2.13. The van der Waals surface area contributed by atoms with Gasteiger partial charge in [0, 0.05) is 12.4 Å². The molecule has 3 heteroatoms. The number of aromatic nitrogens is 2. The first kappa shape index (κ1) is 8.56. The molecule has 3 nitrogen and oxygen atoms in total. The Balaban J connectivity index is 2.57. The highest BCUT2D eigenvalue weighted by Crippen LogP contribution is 2.08. The number of hydrogen-bond acceptors (Lipinski definition) is 1. The topological polar surface area (TPSA) is 37.8 Å². The molecule has 1 aromatic carbocycles. The van der Waals surface area contributed by atoms with Crippen molar-refractivity contribution in [2.45, 2.75) is 0 Å². The van der Waals surface area contributed by atoms with Crippen LogP contribution >= 0.6 is 0 Å². The SMILES string of the molecule is C=Cc1cccc(-n2cc[nH]c2=O)c1. The van der Waals surface area contributed by atoms with E-state index in [4.69, 9.17) is 0 Å². The van der Waals surface area contributed by atoms with Crippen LogP contribution in [0.15, 0.2) is 48.0 Å². The number of rotatable bonds is 2. The van der Waals surface area contributed by atoms with E-state index >= 15 is 0 Å². The van der Waals surface area contributed by atoms with Crippen molar-refractivity contribution in [3.8, 4) is 5.69 Å². The molecule has 1 aromatic heterocycles. The Morgan fingerprint density at radius 2 is 2.29 bits per heavy atom. The number of nitrogens with zero attached hydrogens (tertiary/aromatic N) is 1. The van der Waals surface area contributed by atoms with E-state index in [0.29, 0.717) is 0 Å². The molecule has 70 valence electrons. The average Bonchev–Trinajstić information content (AvgIpc) is 2.65. The molecule has 0 spiro atoms. The molecule has 0 fully saturated rings. The van der Waals surface area contributed by atoms with Crippen LogP contribution in [-0.4, -0.2) is 9.55 Å². The van der Waals surface area contributed by atoms with Crippen LogP contribution in [0.5, 0.6) is 0 Å². The molecule has 0 aliphatic carbocycles. The van der Waals surface area contributed by atoms with Crippen molar-refractivity contribution in [1.82, 2.24) is 9.55 Å². The van der Waals surface area contributed by atoms with E-state index in [1.807, 2.05) is 24.3 Å². The van der Waals surface area contributed by atoms with Gasteiger partial charge in [-0.15, -0.1) is 0 Å². The number of nitrogens with one attached hydrogen (secondary N) is 1. The maximum absolute atomic E-state index is 11.3. The van der Waals surface area contributed by atoms with Crippen molar-refractivity contribution in [2.24, 2.45) is 0 Å². The number of imidazole rings is 1. The molecular weight excluding hydrogens is 176 g/mol. The zero-order valence-electron chi connectivity index (χ0n) is 7.60. The minimum absolute atomic E-state index is 0.133. The van der Waals surface area contributed by atoms with E-state index in [9.17, 15) is 4.79 Å². The Morgan fingerprint density at radius 3 is 2.93 bits per heavy atom. The van der Waals surface area contributed by atoms with Gasteiger partial charge in [0.25, 0.3) is 0 Å². The maximum atomic E-state index is 11.3. The fourth-order valence-corrected chi connectivity index (χ4v) is 1.33. The Hall–Kier alpha value is -2.03. The molecule has 0 atom stereocenters. The molecule has 0 saturated carbocycles. The van der Waals surface area contributed by atoms with Gasteiger partial charge >= 0.3 is 5.69 Å². The first-order valence-electron chi connectivity index (χ1n) is 4.30. The van der Waals surface area contributed by atoms with Crippen LogP contribution in [0.1, 0.15) is 5.56 Å². The highest BCUT2D eigenvalue weighted by Gasteiger charge is 1.98. The second-order valence-electron chi connectivity index (χ2n) is 2.93. The van der Waals surface area contributed by atoms with Gasteiger partial charge in [0.2, 0.25) is 0 Å². The quantitative estimate of drug-likeness (QED) is 0.763. The standard InChI is InChI=1S/C11H10N2O/c1-2-9-4-3-5-10(8-9)13-7-6-12-11(13)14/h2-8H,1H2,(H,12,14). The third-order valence-corrected chi connectivity index (χ3v) is 2.03. The summed E-state index contributed by atoms with van der Waals surface area (Å²) >= 11 is 0. The zero-order valence-corrected chi connectivity index (χ0v) is 7.60. The summed E-state index contributed by atoms with van der Waals surface area (Å²) in [6.07, 6.45) is 5.06. The maximum Gasteiger partial charge on any atom is 0.330 e. The summed E-state index contributed by atoms with van der Waals surface area (Å²) in [4.78, 5) is 13.9. The first-order chi connectivity index (χ1) is 6.81. The minimum Gasteiger partial charge on any atom is -0.312 e. The number of hydrogen-bond donors (Lipinski definition) is 1. The Labute approximate surface area is 81.3 Å². The molecule has 0 unspecified atom stereocenters. The summed E-state index contributed by atoms with van der Waals surface area (Å²) in [7, 11) is 0. The summed E-state index contributed by atoms with van der Waals surface area (Å²) in [5.41, 5.74) is 1.70. The van der Waals surface area contributed by atoms with Crippen LogP contribution in [0.3, 0.4) is 0 Å². The molecule has 0 saturated heterocycles. The van der Waals surface area contributed by atoms with Crippen molar-refractivity contribution in [3.05, 3.63) is 59.3 Å². The van der Waals surface area contributed by atoms with Gasteiger partial charge in [-0.1, -0.05) is 24.8 Å². The number of aromatic amines is 1. The van der Waals surface area contributed by atoms with Gasteiger partial charge in [0.15, 0.2) is 0 Å². The Morgan fingerprint density at radius 1 is 1.43 bits per heavy atom. The van der Waals surface area contributed by atoms with Crippen LogP contribution in [0.2, 0.25) is 0 Å². The monoisotopic (exact) mass is 186 g/mol. The largest absolute Gasteiger partial charge is 0.330 e. The first-order valence-corrected chi connectivity index (χ1v) is 4.30. The number of benzene rings is 1. The highest BCUT2D eigenvalue weighted by molar-refractivity contribution is 5.51. The van der Waals surface area contributed by atoms with E-state index < -0.39 is 0 Å². The lowest BCUT2D eigenvalue weighted by Gasteiger charge is -2.01. The van der Waals surface area contributed by atoms with E-state index in [1.165, 1.54) is 0 Å². The summed E-state index contributed by atoms with van der Waals surface area (Å²) < 4.78 is 1.55. The van der Waals surface area contributed by atoms with Gasteiger partial charge in [-0.3, -0.25) is 4.57 Å². The van der Waals surface area contributed by atoms with Gasteiger partial charge in [0.05, 0.1) is 5.69 Å². The smallest absolute Gasteiger partial charge is 0.312 e. The fraction of sp³-hybridized carbons (Fsp3) is 0. The van der Waals surface area contributed by atoms with E-state index in [2.05, 4.69) is 11.6 Å². The van der Waals surface area contributed by atoms with Crippen molar-refractivity contribution in [3.63, 3.8) is 0 Å². The third kappa shape index (κ3) is 1.40. The molecule has 14 heavy (non-hydrogen) atoms. The molecule has 2 rings (SSSR count). The van der Waals surface area contributed by atoms with Crippen molar-refractivity contribution in [1.29, 1.82) is 0 Å². The molecule has 0 radical (unpaired) electrons. The highest BCUT2D eigenvalue weighted by atomic mass is 16.1. The van der Waals surface area contributed by atoms with Crippen molar-refractivity contribution in [2.75, 3.05) is 0 Å². The summed E-state index contributed by atoms with van der Waals surface area (Å²) in [5, 5.41) is 0. The van der Waals surface area contributed by atoms with Gasteiger partial charge in [-0.05, 0) is 17.7 Å². The molecule has 0 aliphatic heterocycles. The lowest BCUT2D eigenvalue weighted by molar-refractivity contribution is 0.987. The lowest BCUT2D eigenvalue weighted by atomic mass is 10.2. The summed E-state index contributed by atoms with van der Waals surface area (Å²) in [6, 6.07) is 7.62. The second-order valence-corrected chi connectivity index (χ2v) is 2.93. The van der Waals surface area contributed by atoms with E-state index in [-0.39, 0.29) is 5.69 Å². The van der Waals surface area contributed by atoms with Gasteiger partial charge in [-0.2, -0.15) is 0 Å². The van der Waals surface area contributed by atoms with Crippen LogP contribution in [0.25, 0.3) is 11.8 Å². The average molecular weight is 186 g/mol. The Bertz CT molecular complexity index is 508. The number of H-pyrrole nitrogens is 1. The molecule has 0 bridgehead atoms. The Kier molecular flexibility index (Phi) is 2.07. The van der Waals surface area contributed by atoms with Crippen LogP contribution in [0.4, 0.5) is 0 Å². The zero-order chi connectivity index (χ0) is 9.97.